The summed E-state index contributed by atoms with van der Waals surface area (Å²) in [6.45, 7) is 0.386. The largest absolute Gasteiger partial charge is 0.487 e. The van der Waals surface area contributed by atoms with E-state index in [9.17, 15) is 4.79 Å². The Balaban J connectivity index is 2.36. The summed E-state index contributed by atoms with van der Waals surface area (Å²) >= 11 is 2.08. The van der Waals surface area contributed by atoms with Crippen LogP contribution in [0.2, 0.25) is 0 Å². The summed E-state index contributed by atoms with van der Waals surface area (Å²) in [5, 5.41) is 0. The standard InChI is InChI=1S/C18H19IO6/c1-21-11-24-15-8-16(25-12-22-2)17(19)18(14(15)9-20)23-10-13-6-4-3-5-7-13/h3-9H,10-12H2,1-2H3. The van der Waals surface area contributed by atoms with Gasteiger partial charge in [0.2, 0.25) is 0 Å². The number of methoxy groups -OCH3 is 2. The second kappa shape index (κ2) is 10.2. The molecule has 0 atom stereocenters. The van der Waals surface area contributed by atoms with E-state index in [2.05, 4.69) is 22.6 Å². The van der Waals surface area contributed by atoms with E-state index in [0.717, 1.165) is 5.56 Å². The van der Waals surface area contributed by atoms with Crippen molar-refractivity contribution in [2.24, 2.45) is 0 Å². The van der Waals surface area contributed by atoms with E-state index in [0.29, 0.717) is 39.3 Å². The van der Waals surface area contributed by atoms with Gasteiger partial charge < -0.3 is 23.7 Å². The maximum Gasteiger partial charge on any atom is 0.188 e. The number of halogens is 1. The van der Waals surface area contributed by atoms with Crippen LogP contribution < -0.4 is 14.2 Å². The van der Waals surface area contributed by atoms with Gasteiger partial charge in [-0.05, 0) is 28.2 Å². The number of carbonyl (C=O) groups is 1. The molecule has 25 heavy (non-hydrogen) atoms. The van der Waals surface area contributed by atoms with Crippen LogP contribution in [0.25, 0.3) is 0 Å². The van der Waals surface area contributed by atoms with Crippen molar-refractivity contribution in [1.29, 1.82) is 0 Å². The van der Waals surface area contributed by atoms with Crippen LogP contribution >= 0.6 is 22.6 Å². The molecule has 0 aromatic heterocycles. The molecule has 0 bridgehead atoms. The Morgan fingerprint density at radius 2 is 1.60 bits per heavy atom. The van der Waals surface area contributed by atoms with Gasteiger partial charge in [0.25, 0.3) is 0 Å². The number of rotatable bonds is 10. The molecule has 0 aliphatic heterocycles. The molecular formula is C18H19IO6. The van der Waals surface area contributed by atoms with Crippen LogP contribution in [0.1, 0.15) is 15.9 Å². The van der Waals surface area contributed by atoms with Gasteiger partial charge in [-0.3, -0.25) is 4.79 Å². The third-order valence-electron chi connectivity index (χ3n) is 3.20. The topological polar surface area (TPSA) is 63.2 Å². The second-order valence-electron chi connectivity index (χ2n) is 4.92. The minimum absolute atomic E-state index is 0.00325. The van der Waals surface area contributed by atoms with Crippen molar-refractivity contribution < 1.29 is 28.5 Å². The predicted molar refractivity (Wildman–Crippen MR) is 100 cm³/mol. The molecule has 2 aromatic carbocycles. The molecular weight excluding hydrogens is 439 g/mol. The van der Waals surface area contributed by atoms with E-state index in [1.165, 1.54) is 14.2 Å². The highest BCUT2D eigenvalue weighted by Crippen LogP contribution is 2.39. The SMILES string of the molecule is COCOc1cc(OCOC)c(C=O)c(OCc2ccccc2)c1I. The third-order valence-corrected chi connectivity index (χ3v) is 4.22. The van der Waals surface area contributed by atoms with Crippen LogP contribution in [0, 0.1) is 3.57 Å². The lowest BCUT2D eigenvalue weighted by Gasteiger charge is -2.18. The average molecular weight is 458 g/mol. The maximum absolute atomic E-state index is 11.6. The minimum Gasteiger partial charge on any atom is -0.487 e. The van der Waals surface area contributed by atoms with Gasteiger partial charge in [-0.2, -0.15) is 0 Å². The van der Waals surface area contributed by atoms with Crippen molar-refractivity contribution in [3.05, 3.63) is 51.1 Å². The first-order valence-corrected chi connectivity index (χ1v) is 8.51. The molecule has 0 unspecified atom stereocenters. The van der Waals surface area contributed by atoms with Crippen molar-refractivity contribution in [1.82, 2.24) is 0 Å². The van der Waals surface area contributed by atoms with Crippen molar-refractivity contribution in [2.45, 2.75) is 6.61 Å². The fourth-order valence-corrected chi connectivity index (χ4v) is 2.81. The highest BCUT2D eigenvalue weighted by Gasteiger charge is 2.20. The van der Waals surface area contributed by atoms with Crippen LogP contribution in [-0.4, -0.2) is 34.1 Å². The molecule has 2 aromatic rings. The van der Waals surface area contributed by atoms with Crippen LogP contribution in [0.5, 0.6) is 17.2 Å². The van der Waals surface area contributed by atoms with Crippen molar-refractivity contribution >= 4 is 28.9 Å². The van der Waals surface area contributed by atoms with Crippen LogP contribution in [0.3, 0.4) is 0 Å². The first-order chi connectivity index (χ1) is 12.2. The number of ether oxygens (including phenoxy) is 5. The van der Waals surface area contributed by atoms with Crippen molar-refractivity contribution in [3.63, 3.8) is 0 Å². The number of aldehydes is 1. The Morgan fingerprint density at radius 3 is 2.20 bits per heavy atom. The zero-order valence-electron chi connectivity index (χ0n) is 14.0. The lowest BCUT2D eigenvalue weighted by Crippen LogP contribution is -2.08. The van der Waals surface area contributed by atoms with Gasteiger partial charge in [0.05, 0.1) is 9.13 Å². The highest BCUT2D eigenvalue weighted by molar-refractivity contribution is 14.1. The van der Waals surface area contributed by atoms with Crippen LogP contribution in [0.4, 0.5) is 0 Å². The maximum atomic E-state index is 11.6. The molecule has 0 aliphatic carbocycles. The molecule has 0 spiro atoms. The highest BCUT2D eigenvalue weighted by atomic mass is 127. The van der Waals surface area contributed by atoms with Crippen molar-refractivity contribution in [2.75, 3.05) is 27.8 Å². The van der Waals surface area contributed by atoms with Gasteiger partial charge >= 0.3 is 0 Å². The quantitative estimate of drug-likeness (QED) is 0.308. The molecule has 134 valence electrons. The molecule has 0 saturated heterocycles. The summed E-state index contributed by atoms with van der Waals surface area (Å²) in [5.41, 5.74) is 1.29. The summed E-state index contributed by atoms with van der Waals surface area (Å²) in [6, 6.07) is 11.3. The van der Waals surface area contributed by atoms with Gasteiger partial charge in [0.1, 0.15) is 18.1 Å². The minimum atomic E-state index is 0.00325. The second-order valence-corrected chi connectivity index (χ2v) is 6.00. The molecule has 0 fully saturated rings. The number of hydrogen-bond donors (Lipinski definition) is 0. The summed E-state index contributed by atoms with van der Waals surface area (Å²) in [4.78, 5) is 11.6. The third kappa shape index (κ3) is 5.32. The number of hydrogen-bond acceptors (Lipinski definition) is 6. The van der Waals surface area contributed by atoms with Gasteiger partial charge in [-0.15, -0.1) is 0 Å². The molecule has 7 heteroatoms. The van der Waals surface area contributed by atoms with E-state index in [4.69, 9.17) is 23.7 Å². The van der Waals surface area contributed by atoms with E-state index in [1.54, 1.807) is 6.07 Å². The lowest BCUT2D eigenvalue weighted by atomic mass is 10.1. The van der Waals surface area contributed by atoms with Gasteiger partial charge in [-0.1, -0.05) is 30.3 Å². The summed E-state index contributed by atoms with van der Waals surface area (Å²) in [7, 11) is 3.03. The van der Waals surface area contributed by atoms with Crippen molar-refractivity contribution in [3.8, 4) is 17.2 Å². The summed E-state index contributed by atoms with van der Waals surface area (Å²) < 4.78 is 27.5. The predicted octanol–water partition coefficient (Wildman–Crippen LogP) is 3.65. The summed E-state index contributed by atoms with van der Waals surface area (Å²) in [5.74, 6) is 1.23. The average Bonchev–Trinajstić information content (AvgIpc) is 2.65. The van der Waals surface area contributed by atoms with E-state index >= 15 is 0 Å². The lowest BCUT2D eigenvalue weighted by molar-refractivity contribution is 0.0448. The molecule has 0 heterocycles. The Morgan fingerprint density at radius 1 is 0.960 bits per heavy atom. The van der Waals surface area contributed by atoms with E-state index in [-0.39, 0.29) is 13.6 Å². The Bertz CT molecular complexity index is 690. The first-order valence-electron chi connectivity index (χ1n) is 7.43. The summed E-state index contributed by atoms with van der Waals surface area (Å²) in [6.07, 6.45) is 0.702. The Hall–Kier alpha value is -1.84. The van der Waals surface area contributed by atoms with Crippen LogP contribution in [0.15, 0.2) is 36.4 Å². The monoisotopic (exact) mass is 458 g/mol. The fraction of sp³-hybridized carbons (Fsp3) is 0.278. The Labute approximate surface area is 160 Å². The Kier molecular flexibility index (Phi) is 7.96. The first kappa shape index (κ1) is 19.5. The molecule has 0 amide bonds. The van der Waals surface area contributed by atoms with Gasteiger partial charge in [-0.25, -0.2) is 0 Å². The molecule has 0 aliphatic rings. The van der Waals surface area contributed by atoms with E-state index in [1.807, 2.05) is 30.3 Å². The molecule has 0 N–H and O–H groups in total. The van der Waals surface area contributed by atoms with Crippen LogP contribution in [-0.2, 0) is 16.1 Å². The van der Waals surface area contributed by atoms with Gasteiger partial charge in [0.15, 0.2) is 25.6 Å². The normalized spacial score (nSPS) is 10.4. The number of carbonyl (C=O) groups excluding carboxylic acids is 1. The molecule has 2 rings (SSSR count). The molecule has 0 radical (unpaired) electrons. The smallest absolute Gasteiger partial charge is 0.188 e. The molecule has 6 nitrogen and oxygen atoms in total. The van der Waals surface area contributed by atoms with E-state index < -0.39 is 0 Å². The zero-order valence-corrected chi connectivity index (χ0v) is 16.1. The number of benzene rings is 2. The van der Waals surface area contributed by atoms with Gasteiger partial charge in [0, 0.05) is 20.3 Å². The fourth-order valence-electron chi connectivity index (χ4n) is 2.05. The zero-order chi connectivity index (χ0) is 18.1. The molecule has 0 saturated carbocycles.